The standard InChI is InChI=1S/C30H24N2O4/c1-18-22-13-24-25(19-7-3-2-4-8-19)17-35-27(24)15-28(22)36-30(34)23(18)14-29(33)31-12-11-20-16-32-26-10-6-5-9-21(20)26/h2-10,13,15-17,32H,11-12,14H2,1H3,(H,31,33). The number of hydrogen-bond acceptors (Lipinski definition) is 4. The van der Waals surface area contributed by atoms with Gasteiger partial charge in [0.1, 0.15) is 11.2 Å². The molecule has 0 atom stereocenters. The predicted octanol–water partition coefficient (Wildman–Crippen LogP) is 5.90. The molecular weight excluding hydrogens is 452 g/mol. The van der Waals surface area contributed by atoms with Crippen molar-refractivity contribution < 1.29 is 13.6 Å². The summed E-state index contributed by atoms with van der Waals surface area (Å²) in [5.74, 6) is -0.209. The summed E-state index contributed by atoms with van der Waals surface area (Å²) in [5, 5.41) is 5.82. The molecule has 0 aliphatic carbocycles. The summed E-state index contributed by atoms with van der Waals surface area (Å²) in [5.41, 5.74) is 5.94. The fraction of sp³-hybridized carbons (Fsp3) is 0.133. The minimum atomic E-state index is -0.499. The van der Waals surface area contributed by atoms with Crippen molar-refractivity contribution in [3.63, 3.8) is 0 Å². The van der Waals surface area contributed by atoms with Gasteiger partial charge in [0, 0.05) is 46.0 Å². The fourth-order valence-corrected chi connectivity index (χ4v) is 4.85. The summed E-state index contributed by atoms with van der Waals surface area (Å²) in [7, 11) is 0. The zero-order chi connectivity index (χ0) is 24.6. The van der Waals surface area contributed by atoms with Crippen LogP contribution < -0.4 is 10.9 Å². The van der Waals surface area contributed by atoms with Crippen molar-refractivity contribution in [3.8, 4) is 11.1 Å². The zero-order valence-corrected chi connectivity index (χ0v) is 19.8. The van der Waals surface area contributed by atoms with E-state index in [1.165, 1.54) is 0 Å². The number of aromatic amines is 1. The monoisotopic (exact) mass is 476 g/mol. The van der Waals surface area contributed by atoms with Gasteiger partial charge in [0.2, 0.25) is 5.91 Å². The van der Waals surface area contributed by atoms with Gasteiger partial charge in [-0.1, -0.05) is 48.5 Å². The number of rotatable bonds is 6. The van der Waals surface area contributed by atoms with Crippen LogP contribution in [0, 0.1) is 6.92 Å². The third-order valence-electron chi connectivity index (χ3n) is 6.79. The Kier molecular flexibility index (Phi) is 5.41. The van der Waals surface area contributed by atoms with E-state index < -0.39 is 5.63 Å². The number of H-pyrrole nitrogens is 1. The first-order valence-electron chi connectivity index (χ1n) is 11.9. The summed E-state index contributed by atoms with van der Waals surface area (Å²) in [4.78, 5) is 28.8. The molecule has 6 rings (SSSR count). The van der Waals surface area contributed by atoms with Gasteiger partial charge in [-0.15, -0.1) is 0 Å². The summed E-state index contributed by atoms with van der Waals surface area (Å²) >= 11 is 0. The van der Waals surface area contributed by atoms with Gasteiger partial charge in [-0.25, -0.2) is 4.79 Å². The minimum absolute atomic E-state index is 0.0348. The first-order chi connectivity index (χ1) is 17.6. The molecule has 3 aromatic heterocycles. The molecule has 2 N–H and O–H groups in total. The highest BCUT2D eigenvalue weighted by Gasteiger charge is 2.18. The molecule has 0 radical (unpaired) electrons. The van der Waals surface area contributed by atoms with E-state index in [0.29, 0.717) is 29.7 Å². The Morgan fingerprint density at radius 2 is 1.75 bits per heavy atom. The van der Waals surface area contributed by atoms with Crippen LogP contribution in [-0.2, 0) is 17.6 Å². The lowest BCUT2D eigenvalue weighted by atomic mass is 9.99. The van der Waals surface area contributed by atoms with E-state index in [2.05, 4.69) is 16.4 Å². The highest BCUT2D eigenvalue weighted by molar-refractivity contribution is 6.02. The molecule has 6 heteroatoms. The zero-order valence-electron chi connectivity index (χ0n) is 19.8. The quantitative estimate of drug-likeness (QED) is 0.293. The SMILES string of the molecule is Cc1c(CC(=O)NCCc2c[nH]c3ccccc23)c(=O)oc2cc3occ(-c4ccccc4)c3cc12. The van der Waals surface area contributed by atoms with E-state index >= 15 is 0 Å². The van der Waals surface area contributed by atoms with Crippen LogP contribution in [0.5, 0.6) is 0 Å². The fourth-order valence-electron chi connectivity index (χ4n) is 4.85. The molecular formula is C30H24N2O4. The Hall–Kier alpha value is -4.58. The Morgan fingerprint density at radius 1 is 0.944 bits per heavy atom. The minimum Gasteiger partial charge on any atom is -0.464 e. The summed E-state index contributed by atoms with van der Waals surface area (Å²) in [6, 6.07) is 21.8. The van der Waals surface area contributed by atoms with Crippen molar-refractivity contribution >= 4 is 38.7 Å². The Balaban J connectivity index is 1.25. The maximum Gasteiger partial charge on any atom is 0.340 e. The molecule has 0 unspecified atom stereocenters. The lowest BCUT2D eigenvalue weighted by Gasteiger charge is -2.09. The van der Waals surface area contributed by atoms with Gasteiger partial charge in [-0.05, 0) is 42.2 Å². The van der Waals surface area contributed by atoms with Gasteiger partial charge in [-0.3, -0.25) is 4.79 Å². The third kappa shape index (κ3) is 3.86. The second-order valence-electron chi connectivity index (χ2n) is 8.99. The highest BCUT2D eigenvalue weighted by atomic mass is 16.4. The number of aromatic nitrogens is 1. The number of carbonyl (C=O) groups is 1. The van der Waals surface area contributed by atoms with Crippen molar-refractivity contribution in [2.45, 2.75) is 19.8 Å². The predicted molar refractivity (Wildman–Crippen MR) is 141 cm³/mol. The lowest BCUT2D eigenvalue weighted by Crippen LogP contribution is -2.29. The van der Waals surface area contributed by atoms with Crippen LogP contribution in [0.2, 0.25) is 0 Å². The van der Waals surface area contributed by atoms with E-state index in [4.69, 9.17) is 8.83 Å². The van der Waals surface area contributed by atoms with Crippen LogP contribution in [0.3, 0.4) is 0 Å². The molecule has 6 aromatic rings. The maximum absolute atomic E-state index is 12.8. The number of aryl methyl sites for hydroxylation is 1. The molecule has 1 amide bonds. The van der Waals surface area contributed by atoms with Crippen LogP contribution in [0.4, 0.5) is 0 Å². The average molecular weight is 477 g/mol. The van der Waals surface area contributed by atoms with Crippen LogP contribution in [-0.4, -0.2) is 17.4 Å². The topological polar surface area (TPSA) is 88.2 Å². The Morgan fingerprint density at radius 3 is 2.61 bits per heavy atom. The second-order valence-corrected chi connectivity index (χ2v) is 8.99. The molecule has 178 valence electrons. The number of para-hydroxylation sites is 1. The Labute approximate surface area is 206 Å². The molecule has 0 fully saturated rings. The first-order valence-corrected chi connectivity index (χ1v) is 11.9. The first kappa shape index (κ1) is 21.9. The third-order valence-corrected chi connectivity index (χ3v) is 6.79. The van der Waals surface area contributed by atoms with Gasteiger partial charge >= 0.3 is 5.63 Å². The largest absolute Gasteiger partial charge is 0.464 e. The van der Waals surface area contributed by atoms with E-state index in [1.54, 1.807) is 12.3 Å². The van der Waals surface area contributed by atoms with Crippen LogP contribution in [0.1, 0.15) is 16.7 Å². The van der Waals surface area contributed by atoms with Crippen molar-refractivity contribution in [2.75, 3.05) is 6.54 Å². The van der Waals surface area contributed by atoms with Crippen LogP contribution in [0.25, 0.3) is 44.0 Å². The number of fused-ring (bicyclic) bond motifs is 3. The number of benzene rings is 3. The Bertz CT molecular complexity index is 1790. The number of amides is 1. The van der Waals surface area contributed by atoms with Gasteiger partial charge in [0.05, 0.1) is 18.2 Å². The van der Waals surface area contributed by atoms with Gasteiger partial charge in [-0.2, -0.15) is 0 Å². The number of nitrogens with one attached hydrogen (secondary N) is 2. The number of furan rings is 1. The molecule has 0 bridgehead atoms. The van der Waals surface area contributed by atoms with Crippen LogP contribution >= 0.6 is 0 Å². The van der Waals surface area contributed by atoms with Gasteiger partial charge < -0.3 is 19.1 Å². The highest BCUT2D eigenvalue weighted by Crippen LogP contribution is 2.34. The normalized spacial score (nSPS) is 11.5. The van der Waals surface area contributed by atoms with Crippen molar-refractivity contribution in [3.05, 3.63) is 106 Å². The molecule has 6 nitrogen and oxygen atoms in total. The van der Waals surface area contributed by atoms with E-state index in [-0.39, 0.29) is 12.3 Å². The molecule has 3 heterocycles. The second kappa shape index (κ2) is 8.89. The molecule has 0 spiro atoms. The van der Waals surface area contributed by atoms with E-state index in [1.807, 2.05) is 67.7 Å². The van der Waals surface area contributed by atoms with Crippen LogP contribution in [0.15, 0.2) is 92.8 Å². The maximum atomic E-state index is 12.8. The summed E-state index contributed by atoms with van der Waals surface area (Å²) in [6.45, 7) is 2.34. The molecule has 3 aromatic carbocycles. The van der Waals surface area contributed by atoms with Crippen molar-refractivity contribution in [1.29, 1.82) is 0 Å². The molecule has 0 saturated heterocycles. The van der Waals surface area contributed by atoms with Gasteiger partial charge in [0.15, 0.2) is 0 Å². The van der Waals surface area contributed by atoms with E-state index in [9.17, 15) is 9.59 Å². The van der Waals surface area contributed by atoms with Crippen molar-refractivity contribution in [1.82, 2.24) is 10.3 Å². The average Bonchev–Trinajstić information content (AvgIpc) is 3.50. The van der Waals surface area contributed by atoms with Gasteiger partial charge in [0.25, 0.3) is 0 Å². The molecule has 0 aliphatic heterocycles. The smallest absolute Gasteiger partial charge is 0.340 e. The van der Waals surface area contributed by atoms with Crippen molar-refractivity contribution in [2.24, 2.45) is 0 Å². The lowest BCUT2D eigenvalue weighted by molar-refractivity contribution is -0.120. The molecule has 36 heavy (non-hydrogen) atoms. The summed E-state index contributed by atoms with van der Waals surface area (Å²) < 4.78 is 11.4. The van der Waals surface area contributed by atoms with E-state index in [0.717, 1.165) is 43.9 Å². The summed E-state index contributed by atoms with van der Waals surface area (Å²) in [6.07, 6.45) is 4.35. The molecule has 0 saturated carbocycles. The number of hydrogen-bond donors (Lipinski definition) is 2. The number of carbonyl (C=O) groups excluding carboxylic acids is 1. The molecule has 0 aliphatic rings.